The van der Waals surface area contributed by atoms with E-state index in [1.165, 1.54) is 5.56 Å². The van der Waals surface area contributed by atoms with E-state index in [0.717, 1.165) is 43.6 Å². The number of halogens is 1. The van der Waals surface area contributed by atoms with Crippen molar-refractivity contribution >= 4 is 15.9 Å². The number of hydrogen-bond donors (Lipinski definition) is 1. The van der Waals surface area contributed by atoms with Crippen LogP contribution in [0.2, 0.25) is 0 Å². The summed E-state index contributed by atoms with van der Waals surface area (Å²) in [4.78, 5) is 2.38. The quantitative estimate of drug-likeness (QED) is 0.659. The Morgan fingerprint density at radius 1 is 1.25 bits per heavy atom. The van der Waals surface area contributed by atoms with Crippen molar-refractivity contribution in [1.82, 2.24) is 10.2 Å². The lowest BCUT2D eigenvalue weighted by Gasteiger charge is -2.22. The van der Waals surface area contributed by atoms with Crippen molar-refractivity contribution in [3.05, 3.63) is 34.3 Å². The average molecular weight is 343 g/mol. The molecule has 3 nitrogen and oxygen atoms in total. The smallest absolute Gasteiger partial charge is 0.0474 e. The normalized spacial score (nSPS) is 12.8. The number of hydrogen-bond acceptors (Lipinski definition) is 3. The summed E-state index contributed by atoms with van der Waals surface area (Å²) in [5.41, 5.74) is 1.36. The Labute approximate surface area is 131 Å². The van der Waals surface area contributed by atoms with Gasteiger partial charge in [0.15, 0.2) is 0 Å². The number of methoxy groups -OCH3 is 1. The predicted octanol–water partition coefficient (Wildman–Crippen LogP) is 3.46. The van der Waals surface area contributed by atoms with Crippen LogP contribution < -0.4 is 5.32 Å². The van der Waals surface area contributed by atoms with Crippen LogP contribution in [-0.4, -0.2) is 45.3 Å². The molecule has 0 radical (unpaired) electrons. The molecule has 0 saturated heterocycles. The third kappa shape index (κ3) is 6.84. The highest BCUT2D eigenvalue weighted by Crippen LogP contribution is 2.19. The summed E-state index contributed by atoms with van der Waals surface area (Å²) in [6, 6.07) is 9.05. The zero-order valence-corrected chi connectivity index (χ0v) is 14.4. The van der Waals surface area contributed by atoms with Crippen molar-refractivity contribution in [2.24, 2.45) is 0 Å². The molecule has 0 spiro atoms. The zero-order chi connectivity index (χ0) is 14.8. The molecule has 1 rings (SSSR count). The molecule has 0 amide bonds. The van der Waals surface area contributed by atoms with Crippen molar-refractivity contribution in [3.63, 3.8) is 0 Å². The van der Waals surface area contributed by atoms with Gasteiger partial charge in [0.05, 0.1) is 0 Å². The largest absolute Gasteiger partial charge is 0.385 e. The van der Waals surface area contributed by atoms with Crippen molar-refractivity contribution in [2.75, 3.05) is 40.4 Å². The second kappa shape index (κ2) is 10.3. The van der Waals surface area contributed by atoms with Crippen LogP contribution in [0.25, 0.3) is 0 Å². The second-order valence-electron chi connectivity index (χ2n) is 5.10. The molecule has 0 aromatic heterocycles. The standard InChI is InChI=1S/C16H27BrN2O/c1-4-18-16(14-6-8-15(17)9-7-14)10-12-19(2)11-5-13-20-3/h6-9,16,18H,4-5,10-13H2,1-3H3. The minimum atomic E-state index is 0.429. The Morgan fingerprint density at radius 3 is 2.55 bits per heavy atom. The SMILES string of the molecule is CCNC(CCN(C)CCCOC)c1ccc(Br)cc1. The zero-order valence-electron chi connectivity index (χ0n) is 12.9. The summed E-state index contributed by atoms with van der Waals surface area (Å²) < 4.78 is 6.23. The maximum Gasteiger partial charge on any atom is 0.0474 e. The molecule has 0 heterocycles. The Kier molecular flexibility index (Phi) is 9.10. The van der Waals surface area contributed by atoms with Crippen molar-refractivity contribution in [2.45, 2.75) is 25.8 Å². The topological polar surface area (TPSA) is 24.5 Å². The summed E-state index contributed by atoms with van der Waals surface area (Å²) in [5.74, 6) is 0. The first-order valence-electron chi connectivity index (χ1n) is 7.33. The Morgan fingerprint density at radius 2 is 1.95 bits per heavy atom. The van der Waals surface area contributed by atoms with Gasteiger partial charge in [-0.2, -0.15) is 0 Å². The Hall–Kier alpha value is -0.420. The molecule has 1 unspecified atom stereocenters. The maximum absolute atomic E-state index is 5.09. The van der Waals surface area contributed by atoms with Crippen molar-refractivity contribution < 1.29 is 4.74 Å². The summed E-state index contributed by atoms with van der Waals surface area (Å²) in [6.07, 6.45) is 2.22. The van der Waals surface area contributed by atoms with Gasteiger partial charge < -0.3 is 15.0 Å². The molecule has 1 N–H and O–H groups in total. The fourth-order valence-corrected chi connectivity index (χ4v) is 2.53. The fraction of sp³-hybridized carbons (Fsp3) is 0.625. The van der Waals surface area contributed by atoms with E-state index in [1.54, 1.807) is 7.11 Å². The molecule has 1 aromatic carbocycles. The van der Waals surface area contributed by atoms with E-state index in [1.807, 2.05) is 0 Å². The van der Waals surface area contributed by atoms with Crippen LogP contribution >= 0.6 is 15.9 Å². The van der Waals surface area contributed by atoms with Gasteiger partial charge in [0.2, 0.25) is 0 Å². The van der Waals surface area contributed by atoms with Crippen molar-refractivity contribution in [1.29, 1.82) is 0 Å². The lowest BCUT2D eigenvalue weighted by atomic mass is 10.0. The van der Waals surface area contributed by atoms with Crippen LogP contribution in [0.1, 0.15) is 31.4 Å². The molecule has 0 bridgehead atoms. The minimum absolute atomic E-state index is 0.429. The van der Waals surface area contributed by atoms with Gasteiger partial charge in [-0.3, -0.25) is 0 Å². The van der Waals surface area contributed by atoms with Gasteiger partial charge in [-0.15, -0.1) is 0 Å². The first kappa shape index (κ1) is 17.6. The number of ether oxygens (including phenoxy) is 1. The highest BCUT2D eigenvalue weighted by atomic mass is 79.9. The summed E-state index contributed by atoms with van der Waals surface area (Å²) >= 11 is 3.49. The molecule has 0 aliphatic heterocycles. The molecule has 114 valence electrons. The van der Waals surface area contributed by atoms with Crippen LogP contribution in [0.15, 0.2) is 28.7 Å². The van der Waals surface area contributed by atoms with E-state index in [9.17, 15) is 0 Å². The summed E-state index contributed by atoms with van der Waals surface area (Å²) in [5, 5.41) is 3.57. The van der Waals surface area contributed by atoms with Crippen molar-refractivity contribution in [3.8, 4) is 0 Å². The molecule has 1 atom stereocenters. The summed E-state index contributed by atoms with van der Waals surface area (Å²) in [6.45, 7) is 6.18. The number of rotatable bonds is 10. The maximum atomic E-state index is 5.09. The van der Waals surface area contributed by atoms with E-state index in [2.05, 4.69) is 64.4 Å². The Balaban J connectivity index is 2.44. The van der Waals surface area contributed by atoms with E-state index in [-0.39, 0.29) is 0 Å². The van der Waals surface area contributed by atoms with Gasteiger partial charge in [-0.1, -0.05) is 35.0 Å². The highest BCUT2D eigenvalue weighted by Gasteiger charge is 2.11. The van der Waals surface area contributed by atoms with Gasteiger partial charge in [-0.25, -0.2) is 0 Å². The number of nitrogens with zero attached hydrogens (tertiary/aromatic N) is 1. The highest BCUT2D eigenvalue weighted by molar-refractivity contribution is 9.10. The molecule has 20 heavy (non-hydrogen) atoms. The third-order valence-electron chi connectivity index (χ3n) is 3.41. The number of nitrogens with one attached hydrogen (secondary N) is 1. The molecule has 0 aliphatic carbocycles. The first-order chi connectivity index (χ1) is 9.67. The number of benzene rings is 1. The van der Waals surface area contributed by atoms with Crippen LogP contribution in [0.3, 0.4) is 0 Å². The van der Waals surface area contributed by atoms with Crippen LogP contribution in [0.4, 0.5) is 0 Å². The molecule has 0 fully saturated rings. The molecule has 0 saturated carbocycles. The van der Waals surface area contributed by atoms with E-state index < -0.39 is 0 Å². The van der Waals surface area contributed by atoms with E-state index >= 15 is 0 Å². The second-order valence-corrected chi connectivity index (χ2v) is 6.02. The Bertz CT molecular complexity index is 356. The van der Waals surface area contributed by atoms with Crippen LogP contribution in [-0.2, 0) is 4.74 Å². The van der Waals surface area contributed by atoms with Gasteiger partial charge in [0.25, 0.3) is 0 Å². The van der Waals surface area contributed by atoms with Gasteiger partial charge >= 0.3 is 0 Å². The van der Waals surface area contributed by atoms with Gasteiger partial charge in [0.1, 0.15) is 0 Å². The molecular weight excluding hydrogens is 316 g/mol. The fourth-order valence-electron chi connectivity index (χ4n) is 2.27. The van der Waals surface area contributed by atoms with Crippen LogP contribution in [0.5, 0.6) is 0 Å². The lowest BCUT2D eigenvalue weighted by Crippen LogP contribution is -2.28. The molecular formula is C16H27BrN2O. The summed E-state index contributed by atoms with van der Waals surface area (Å²) in [7, 11) is 3.94. The molecule has 4 heteroatoms. The molecule has 0 aliphatic rings. The average Bonchev–Trinajstić information content (AvgIpc) is 2.45. The lowest BCUT2D eigenvalue weighted by molar-refractivity contribution is 0.178. The van der Waals surface area contributed by atoms with Gasteiger partial charge in [-0.05, 0) is 50.7 Å². The minimum Gasteiger partial charge on any atom is -0.385 e. The monoisotopic (exact) mass is 342 g/mol. The molecule has 1 aromatic rings. The third-order valence-corrected chi connectivity index (χ3v) is 3.94. The van der Waals surface area contributed by atoms with E-state index in [4.69, 9.17) is 4.74 Å². The predicted molar refractivity (Wildman–Crippen MR) is 89.2 cm³/mol. The first-order valence-corrected chi connectivity index (χ1v) is 8.13. The van der Waals surface area contributed by atoms with Gasteiger partial charge in [0, 0.05) is 30.8 Å². The van der Waals surface area contributed by atoms with E-state index in [0.29, 0.717) is 6.04 Å². The van der Waals surface area contributed by atoms with Crippen LogP contribution in [0, 0.1) is 0 Å².